The van der Waals surface area contributed by atoms with Crippen molar-refractivity contribution in [3.8, 4) is 0 Å². The number of halogens is 1. The molecule has 0 rings (SSSR count). The second-order valence-electron chi connectivity index (χ2n) is 2.31. The van der Waals surface area contributed by atoms with Gasteiger partial charge in [-0.25, -0.2) is 0 Å². The van der Waals surface area contributed by atoms with Crippen LogP contribution in [0, 0.1) is 0 Å². The molecule has 62 valence electrons. The largest absolute Gasteiger partial charge is 1.00 e. The Morgan fingerprint density at radius 2 is 2.10 bits per heavy atom. The quantitative estimate of drug-likeness (QED) is 0.441. The standard InChI is InChI=1S/C6H13NO2.ClH/c1-6(9)5-7(2)3-4-8;/h8H,3-5H2,1-2H3;1H. The predicted molar refractivity (Wildman–Crippen MR) is 34.4 cm³/mol. The van der Waals surface area contributed by atoms with Crippen molar-refractivity contribution >= 4 is 5.78 Å². The van der Waals surface area contributed by atoms with Crippen molar-refractivity contribution in [3.63, 3.8) is 0 Å². The van der Waals surface area contributed by atoms with E-state index >= 15 is 0 Å². The zero-order valence-electron chi connectivity index (χ0n) is 6.35. The molecule has 2 N–H and O–H groups in total. The molecule has 0 saturated heterocycles. The first-order valence-corrected chi connectivity index (χ1v) is 3.08. The summed E-state index contributed by atoms with van der Waals surface area (Å²) in [5, 5.41) is 8.42. The highest BCUT2D eigenvalue weighted by molar-refractivity contribution is 5.76. The Balaban J connectivity index is 0. The Labute approximate surface area is 67.4 Å². The van der Waals surface area contributed by atoms with Crippen molar-refractivity contribution in [2.45, 2.75) is 6.92 Å². The van der Waals surface area contributed by atoms with Gasteiger partial charge in [0.15, 0.2) is 5.78 Å². The lowest BCUT2D eigenvalue weighted by atomic mass is 10.4. The summed E-state index contributed by atoms with van der Waals surface area (Å²) in [5.74, 6) is 0.168. The van der Waals surface area contributed by atoms with Gasteiger partial charge in [-0.05, 0) is 0 Å². The fraction of sp³-hybridized carbons (Fsp3) is 0.833. The van der Waals surface area contributed by atoms with Crippen LogP contribution in [0.1, 0.15) is 6.92 Å². The molecule has 0 saturated carbocycles. The van der Waals surface area contributed by atoms with Crippen LogP contribution in [-0.2, 0) is 4.79 Å². The number of ketones is 1. The third-order valence-corrected chi connectivity index (χ3v) is 1.09. The minimum absolute atomic E-state index is 0. The van der Waals surface area contributed by atoms with Gasteiger partial charge in [-0.2, -0.15) is 0 Å². The normalized spacial score (nSPS) is 11.9. The van der Waals surface area contributed by atoms with Gasteiger partial charge in [0.2, 0.25) is 0 Å². The topological polar surface area (TPSA) is 41.7 Å². The third-order valence-electron chi connectivity index (χ3n) is 1.09. The number of carbonyl (C=O) groups excluding carboxylic acids is 1. The predicted octanol–water partition coefficient (Wildman–Crippen LogP) is -4.91. The second-order valence-corrected chi connectivity index (χ2v) is 2.31. The average molecular weight is 168 g/mol. The second kappa shape index (κ2) is 6.99. The Morgan fingerprint density at radius 3 is 2.40 bits per heavy atom. The summed E-state index contributed by atoms with van der Waals surface area (Å²) in [4.78, 5) is 11.5. The summed E-state index contributed by atoms with van der Waals surface area (Å²) in [5.41, 5.74) is 0. The Kier molecular flexibility index (Phi) is 8.77. The van der Waals surface area contributed by atoms with Crippen LogP contribution in [0.25, 0.3) is 0 Å². The number of nitrogens with one attached hydrogen (secondary N) is 1. The van der Waals surface area contributed by atoms with Crippen molar-refractivity contribution in [2.24, 2.45) is 0 Å². The fourth-order valence-electron chi connectivity index (χ4n) is 0.704. The molecule has 0 heterocycles. The van der Waals surface area contributed by atoms with Gasteiger partial charge in [0.05, 0.1) is 13.7 Å². The summed E-state index contributed by atoms with van der Waals surface area (Å²) < 4.78 is 0. The molecule has 10 heavy (non-hydrogen) atoms. The van der Waals surface area contributed by atoms with Crippen molar-refractivity contribution < 1.29 is 27.2 Å². The molecule has 0 aromatic rings. The zero-order valence-corrected chi connectivity index (χ0v) is 7.11. The van der Waals surface area contributed by atoms with Crippen LogP contribution in [0.5, 0.6) is 0 Å². The van der Waals surface area contributed by atoms with E-state index < -0.39 is 0 Å². The van der Waals surface area contributed by atoms with E-state index in [0.717, 1.165) is 4.90 Å². The van der Waals surface area contributed by atoms with Crippen LogP contribution >= 0.6 is 0 Å². The van der Waals surface area contributed by atoms with Crippen molar-refractivity contribution in [1.29, 1.82) is 0 Å². The van der Waals surface area contributed by atoms with Gasteiger partial charge in [-0.3, -0.25) is 4.79 Å². The smallest absolute Gasteiger partial charge is 0.183 e. The fourth-order valence-corrected chi connectivity index (χ4v) is 0.704. The molecule has 0 spiro atoms. The first kappa shape index (κ1) is 12.5. The molecule has 0 aliphatic carbocycles. The number of hydrogen-bond acceptors (Lipinski definition) is 2. The van der Waals surface area contributed by atoms with Crippen LogP contribution in [0.3, 0.4) is 0 Å². The highest BCUT2D eigenvalue weighted by Gasteiger charge is 2.02. The summed E-state index contributed by atoms with van der Waals surface area (Å²) in [6.07, 6.45) is 0. The van der Waals surface area contributed by atoms with Gasteiger partial charge in [0.1, 0.15) is 13.1 Å². The number of aliphatic hydroxyl groups is 1. The molecular weight excluding hydrogens is 154 g/mol. The van der Waals surface area contributed by atoms with E-state index in [1.807, 2.05) is 7.05 Å². The lowest BCUT2D eigenvalue weighted by Crippen LogP contribution is -3.10. The minimum Gasteiger partial charge on any atom is -1.00 e. The molecule has 0 bridgehead atoms. The highest BCUT2D eigenvalue weighted by Crippen LogP contribution is 1.55. The summed E-state index contributed by atoms with van der Waals surface area (Å²) in [6, 6.07) is 0. The van der Waals surface area contributed by atoms with Gasteiger partial charge < -0.3 is 22.4 Å². The van der Waals surface area contributed by atoms with E-state index in [1.54, 1.807) is 6.92 Å². The number of hydrogen-bond donors (Lipinski definition) is 2. The van der Waals surface area contributed by atoms with Crippen LogP contribution < -0.4 is 17.3 Å². The number of rotatable bonds is 4. The van der Waals surface area contributed by atoms with Crippen LogP contribution in [-0.4, -0.2) is 37.6 Å². The molecule has 0 amide bonds. The van der Waals surface area contributed by atoms with Gasteiger partial charge >= 0.3 is 0 Å². The van der Waals surface area contributed by atoms with Crippen molar-refractivity contribution in [2.75, 3.05) is 26.7 Å². The molecule has 0 fully saturated rings. The van der Waals surface area contributed by atoms with Crippen LogP contribution in [0.15, 0.2) is 0 Å². The van der Waals surface area contributed by atoms with E-state index in [9.17, 15) is 4.79 Å². The monoisotopic (exact) mass is 167 g/mol. The first-order chi connectivity index (χ1) is 4.16. The average Bonchev–Trinajstić information content (AvgIpc) is 1.63. The maximum Gasteiger partial charge on any atom is 0.183 e. The van der Waals surface area contributed by atoms with E-state index in [1.165, 1.54) is 0 Å². The minimum atomic E-state index is 0. The molecule has 0 aromatic heterocycles. The summed E-state index contributed by atoms with van der Waals surface area (Å²) in [6.45, 7) is 2.88. The first-order valence-electron chi connectivity index (χ1n) is 3.08. The van der Waals surface area contributed by atoms with Crippen LogP contribution in [0.4, 0.5) is 0 Å². The van der Waals surface area contributed by atoms with E-state index in [4.69, 9.17) is 5.11 Å². The van der Waals surface area contributed by atoms with Crippen LogP contribution in [0.2, 0.25) is 0 Å². The van der Waals surface area contributed by atoms with Gasteiger partial charge in [0, 0.05) is 6.92 Å². The molecule has 0 radical (unpaired) electrons. The number of aliphatic hydroxyl groups excluding tert-OH is 1. The summed E-state index contributed by atoms with van der Waals surface area (Å²) >= 11 is 0. The molecule has 0 aliphatic rings. The zero-order chi connectivity index (χ0) is 7.28. The van der Waals surface area contributed by atoms with Gasteiger partial charge in [0.25, 0.3) is 0 Å². The number of likely N-dealkylation sites (N-methyl/N-ethyl adjacent to an activating group) is 1. The molecular formula is C6H14ClNO2. The molecule has 1 atom stereocenters. The van der Waals surface area contributed by atoms with E-state index in [-0.39, 0.29) is 24.8 Å². The third kappa shape index (κ3) is 7.88. The SMILES string of the molecule is CC(=O)C[NH+](C)CCO.[Cl-]. The van der Waals surface area contributed by atoms with Crippen molar-refractivity contribution in [1.82, 2.24) is 0 Å². The highest BCUT2D eigenvalue weighted by atomic mass is 35.5. The number of quaternary nitrogens is 1. The van der Waals surface area contributed by atoms with Gasteiger partial charge in [-0.15, -0.1) is 0 Å². The lowest BCUT2D eigenvalue weighted by Gasteiger charge is -2.08. The van der Waals surface area contributed by atoms with E-state index in [2.05, 4.69) is 0 Å². The molecule has 0 aliphatic heterocycles. The van der Waals surface area contributed by atoms with Crippen molar-refractivity contribution in [3.05, 3.63) is 0 Å². The number of Topliss-reactive ketones (excluding diaryl/α,β-unsaturated/α-hetero) is 1. The Morgan fingerprint density at radius 1 is 1.60 bits per heavy atom. The van der Waals surface area contributed by atoms with Gasteiger partial charge in [-0.1, -0.05) is 0 Å². The Bertz CT molecular complexity index is 97.7. The maximum absolute atomic E-state index is 10.4. The number of carbonyl (C=O) groups is 1. The summed E-state index contributed by atoms with van der Waals surface area (Å²) in [7, 11) is 1.89. The lowest BCUT2D eigenvalue weighted by molar-refractivity contribution is -0.871. The molecule has 1 unspecified atom stereocenters. The molecule has 3 nitrogen and oxygen atoms in total. The maximum atomic E-state index is 10.4. The molecule has 0 aromatic carbocycles. The Hall–Kier alpha value is -0.120. The van der Waals surface area contributed by atoms with E-state index in [0.29, 0.717) is 13.1 Å². The molecule has 4 heteroatoms.